The fourth-order valence-corrected chi connectivity index (χ4v) is 1.56. The first-order valence-electron chi connectivity index (χ1n) is 6.24. The van der Waals surface area contributed by atoms with E-state index in [1.807, 2.05) is 0 Å². The van der Waals surface area contributed by atoms with Crippen LogP contribution in [0.3, 0.4) is 0 Å². The predicted octanol–water partition coefficient (Wildman–Crippen LogP) is 1.28. The summed E-state index contributed by atoms with van der Waals surface area (Å²) in [5.74, 6) is 0. The van der Waals surface area contributed by atoms with E-state index < -0.39 is 27.4 Å². The van der Waals surface area contributed by atoms with Gasteiger partial charge in [-0.1, -0.05) is 0 Å². The van der Waals surface area contributed by atoms with E-state index in [1.165, 1.54) is 0 Å². The van der Waals surface area contributed by atoms with Gasteiger partial charge in [-0.05, 0) is 34.6 Å². The fraction of sp³-hybridized carbons (Fsp3) is 0.917. The molecule has 0 aromatic rings. The molecule has 0 aromatic heterocycles. The summed E-state index contributed by atoms with van der Waals surface area (Å²) in [6.45, 7) is 9.14. The van der Waals surface area contributed by atoms with Crippen molar-refractivity contribution in [2.24, 2.45) is 0 Å². The number of hydrogen-bond acceptors (Lipinski definition) is 6. The first-order valence-corrected chi connectivity index (χ1v) is 8.06. The third-order valence-electron chi connectivity index (χ3n) is 1.83. The van der Waals surface area contributed by atoms with Crippen LogP contribution in [-0.2, 0) is 23.8 Å². The number of rotatable bonds is 7. The molecule has 0 bridgehead atoms. The van der Waals surface area contributed by atoms with Gasteiger partial charge in [-0.2, -0.15) is 8.42 Å². The molecule has 0 radical (unpaired) electrons. The second-order valence-corrected chi connectivity index (χ2v) is 7.73. The molecule has 7 nitrogen and oxygen atoms in total. The number of carbonyl (C=O) groups excluding carboxylic acids is 1. The van der Waals surface area contributed by atoms with Gasteiger partial charge in [-0.25, -0.2) is 4.79 Å². The Bertz CT molecular complexity index is 410. The predicted molar refractivity (Wildman–Crippen MR) is 75.1 cm³/mol. The van der Waals surface area contributed by atoms with Gasteiger partial charge in [0.05, 0.1) is 31.6 Å². The normalized spacial score (nSPS) is 13.1. The molecule has 0 saturated heterocycles. The lowest BCUT2D eigenvalue weighted by atomic mass is 10.1. The van der Waals surface area contributed by atoms with Gasteiger partial charge in [0.25, 0.3) is 10.1 Å². The zero-order chi connectivity index (χ0) is 16.0. The molecule has 0 heterocycles. The Morgan fingerprint density at radius 2 is 1.65 bits per heavy atom. The van der Waals surface area contributed by atoms with Crippen molar-refractivity contribution in [1.29, 1.82) is 0 Å². The standard InChI is InChI=1S/C12H25NO6S/c1-11(2,3)19-10(14)13-12(4,5)9-17-7-8-18-20(6,15)16/h7-9H2,1-6H3,(H,13,14). The van der Waals surface area contributed by atoms with Crippen molar-refractivity contribution in [3.05, 3.63) is 0 Å². The van der Waals surface area contributed by atoms with Gasteiger partial charge in [-0.3, -0.25) is 4.18 Å². The Balaban J connectivity index is 3.98. The molecular formula is C12H25NO6S. The number of nitrogens with one attached hydrogen (secondary N) is 1. The van der Waals surface area contributed by atoms with E-state index in [4.69, 9.17) is 9.47 Å². The minimum absolute atomic E-state index is 0.0542. The van der Waals surface area contributed by atoms with Crippen molar-refractivity contribution < 1.29 is 26.9 Å². The molecule has 0 fully saturated rings. The lowest BCUT2D eigenvalue weighted by Crippen LogP contribution is -2.48. The van der Waals surface area contributed by atoms with E-state index in [2.05, 4.69) is 9.50 Å². The third kappa shape index (κ3) is 12.2. The Labute approximate surface area is 121 Å². The molecule has 8 heteroatoms. The van der Waals surface area contributed by atoms with E-state index >= 15 is 0 Å². The summed E-state index contributed by atoms with van der Waals surface area (Å²) >= 11 is 0. The molecule has 1 N–H and O–H groups in total. The lowest BCUT2D eigenvalue weighted by molar-refractivity contribution is 0.0310. The number of alkyl carbamates (subject to hydrolysis) is 1. The minimum Gasteiger partial charge on any atom is -0.444 e. The maximum atomic E-state index is 11.6. The zero-order valence-electron chi connectivity index (χ0n) is 13.0. The largest absolute Gasteiger partial charge is 0.444 e. The van der Waals surface area contributed by atoms with Gasteiger partial charge < -0.3 is 14.8 Å². The molecule has 0 aliphatic heterocycles. The summed E-state index contributed by atoms with van der Waals surface area (Å²) in [4.78, 5) is 11.6. The average molecular weight is 311 g/mol. The molecule has 0 aliphatic carbocycles. The molecule has 120 valence electrons. The van der Waals surface area contributed by atoms with E-state index in [0.717, 1.165) is 6.26 Å². The monoisotopic (exact) mass is 311 g/mol. The highest BCUT2D eigenvalue weighted by Crippen LogP contribution is 2.09. The maximum absolute atomic E-state index is 11.6. The van der Waals surface area contributed by atoms with E-state index in [9.17, 15) is 13.2 Å². The average Bonchev–Trinajstić information content (AvgIpc) is 2.09. The second kappa shape index (κ2) is 7.24. The van der Waals surface area contributed by atoms with Crippen molar-refractivity contribution in [2.75, 3.05) is 26.1 Å². The van der Waals surface area contributed by atoms with Gasteiger partial charge in [0.2, 0.25) is 0 Å². The van der Waals surface area contributed by atoms with Crippen molar-refractivity contribution in [2.45, 2.75) is 45.8 Å². The lowest BCUT2D eigenvalue weighted by Gasteiger charge is -2.28. The van der Waals surface area contributed by atoms with Crippen LogP contribution in [0.25, 0.3) is 0 Å². The number of amides is 1. The first kappa shape index (κ1) is 19.1. The van der Waals surface area contributed by atoms with E-state index in [0.29, 0.717) is 0 Å². The van der Waals surface area contributed by atoms with Gasteiger partial charge in [-0.15, -0.1) is 0 Å². The topological polar surface area (TPSA) is 90.9 Å². The fourth-order valence-electron chi connectivity index (χ4n) is 1.19. The quantitative estimate of drug-likeness (QED) is 0.562. The van der Waals surface area contributed by atoms with Crippen LogP contribution in [0.4, 0.5) is 4.79 Å². The van der Waals surface area contributed by atoms with E-state index in [1.54, 1.807) is 34.6 Å². The molecule has 1 amide bonds. The summed E-state index contributed by atoms with van der Waals surface area (Å²) in [6.07, 6.45) is 0.444. The van der Waals surface area contributed by atoms with Gasteiger partial charge in [0, 0.05) is 0 Å². The van der Waals surface area contributed by atoms with Crippen LogP contribution in [-0.4, -0.2) is 51.7 Å². The molecule has 0 rings (SSSR count). The molecule has 0 aromatic carbocycles. The van der Waals surface area contributed by atoms with Crippen LogP contribution in [0, 0.1) is 0 Å². The number of hydrogen-bond donors (Lipinski definition) is 1. The zero-order valence-corrected chi connectivity index (χ0v) is 13.8. The van der Waals surface area contributed by atoms with Crippen LogP contribution in [0.5, 0.6) is 0 Å². The van der Waals surface area contributed by atoms with Crippen molar-refractivity contribution in [3.63, 3.8) is 0 Å². The van der Waals surface area contributed by atoms with Gasteiger partial charge in [0.1, 0.15) is 5.60 Å². The van der Waals surface area contributed by atoms with Crippen molar-refractivity contribution in [1.82, 2.24) is 5.32 Å². The van der Waals surface area contributed by atoms with Crippen LogP contribution in [0.2, 0.25) is 0 Å². The highest BCUT2D eigenvalue weighted by Gasteiger charge is 2.24. The molecule has 0 saturated carbocycles. The summed E-state index contributed by atoms with van der Waals surface area (Å²) in [7, 11) is -3.45. The van der Waals surface area contributed by atoms with E-state index in [-0.39, 0.29) is 19.8 Å². The molecule has 0 atom stereocenters. The molecule has 20 heavy (non-hydrogen) atoms. The smallest absolute Gasteiger partial charge is 0.408 e. The molecule has 0 aliphatic rings. The summed E-state index contributed by atoms with van der Waals surface area (Å²) < 4.78 is 36.4. The Kier molecular flexibility index (Phi) is 6.92. The summed E-state index contributed by atoms with van der Waals surface area (Å²) in [5, 5.41) is 2.67. The second-order valence-electron chi connectivity index (χ2n) is 6.09. The van der Waals surface area contributed by atoms with Crippen LogP contribution < -0.4 is 5.32 Å². The van der Waals surface area contributed by atoms with Crippen LogP contribution >= 0.6 is 0 Å². The number of carbonyl (C=O) groups is 1. The highest BCUT2D eigenvalue weighted by atomic mass is 32.2. The van der Waals surface area contributed by atoms with Gasteiger partial charge in [0.15, 0.2) is 0 Å². The molecule has 0 unspecified atom stereocenters. The van der Waals surface area contributed by atoms with Crippen molar-refractivity contribution >= 4 is 16.2 Å². The Morgan fingerprint density at radius 3 is 2.10 bits per heavy atom. The third-order valence-corrected chi connectivity index (χ3v) is 2.42. The molecular weight excluding hydrogens is 286 g/mol. The highest BCUT2D eigenvalue weighted by molar-refractivity contribution is 7.85. The maximum Gasteiger partial charge on any atom is 0.408 e. The van der Waals surface area contributed by atoms with Crippen LogP contribution in [0.1, 0.15) is 34.6 Å². The minimum atomic E-state index is -3.45. The van der Waals surface area contributed by atoms with Crippen molar-refractivity contribution in [3.8, 4) is 0 Å². The Morgan fingerprint density at radius 1 is 1.10 bits per heavy atom. The summed E-state index contributed by atoms with van der Waals surface area (Å²) in [6, 6.07) is 0. The Hall–Kier alpha value is -0.860. The van der Waals surface area contributed by atoms with Gasteiger partial charge >= 0.3 is 6.09 Å². The summed E-state index contributed by atoms with van der Waals surface area (Å²) in [5.41, 5.74) is -1.20. The SMILES string of the molecule is CC(C)(COCCOS(C)(=O)=O)NC(=O)OC(C)(C)C. The number of ether oxygens (including phenoxy) is 2. The van der Waals surface area contributed by atoms with Crippen LogP contribution in [0.15, 0.2) is 0 Å². The molecule has 0 spiro atoms. The first-order chi connectivity index (χ1) is 8.81.